The maximum absolute atomic E-state index is 12.3. The van der Waals surface area contributed by atoms with E-state index in [1.807, 2.05) is 19.0 Å². The van der Waals surface area contributed by atoms with Crippen LogP contribution in [0.5, 0.6) is 0 Å². The van der Waals surface area contributed by atoms with Crippen molar-refractivity contribution in [2.45, 2.75) is 11.3 Å². The van der Waals surface area contributed by atoms with Gasteiger partial charge < -0.3 is 4.90 Å². The van der Waals surface area contributed by atoms with Crippen LogP contribution in [0.2, 0.25) is 0 Å². The van der Waals surface area contributed by atoms with Gasteiger partial charge in [0, 0.05) is 6.54 Å². The van der Waals surface area contributed by atoms with Gasteiger partial charge in [-0.1, -0.05) is 0 Å². The first-order chi connectivity index (χ1) is 11.6. The average Bonchev–Trinajstić information content (AvgIpc) is 2.76. The lowest BCUT2D eigenvalue weighted by molar-refractivity contribution is -0.112. The van der Waals surface area contributed by atoms with Crippen LogP contribution in [0, 0.1) is 0 Å². The Bertz CT molecular complexity index is 822. The van der Waals surface area contributed by atoms with Gasteiger partial charge in [0.25, 0.3) is 11.8 Å². The summed E-state index contributed by atoms with van der Waals surface area (Å²) in [6, 6.07) is 3.66. The Labute approximate surface area is 150 Å². The lowest BCUT2D eigenvalue weighted by atomic mass is 10.1. The minimum Gasteiger partial charge on any atom is -0.309 e. The van der Waals surface area contributed by atoms with Gasteiger partial charge in [-0.05, 0) is 56.9 Å². The molecule has 0 bridgehead atoms. The van der Waals surface area contributed by atoms with E-state index in [1.54, 1.807) is 0 Å². The number of sulfonamides is 1. The highest BCUT2D eigenvalue weighted by Gasteiger charge is 2.37. The second kappa shape index (κ2) is 7.61. The first-order valence-electron chi connectivity index (χ1n) is 7.46. The molecule has 0 aliphatic carbocycles. The van der Waals surface area contributed by atoms with Gasteiger partial charge >= 0.3 is 0 Å². The zero-order chi connectivity index (χ0) is 18.8. The Morgan fingerprint density at radius 2 is 1.84 bits per heavy atom. The molecule has 0 aromatic heterocycles. The number of carbonyl (C=O) groups excluding carboxylic acids is 3. The fraction of sp³-hybridized carbons (Fsp3) is 0.400. The molecule has 0 fully saturated rings. The van der Waals surface area contributed by atoms with E-state index in [4.69, 9.17) is 11.6 Å². The molecule has 2 rings (SSSR count). The van der Waals surface area contributed by atoms with Crippen molar-refractivity contribution in [1.82, 2.24) is 14.5 Å². The summed E-state index contributed by atoms with van der Waals surface area (Å²) in [6.07, 6.45) is 0.625. The highest BCUT2D eigenvalue weighted by molar-refractivity contribution is 7.89. The molecule has 1 N–H and O–H groups in total. The van der Waals surface area contributed by atoms with Crippen LogP contribution in [-0.2, 0) is 14.8 Å². The number of hydrogen-bond donors (Lipinski definition) is 1. The highest BCUT2D eigenvalue weighted by Crippen LogP contribution is 2.25. The normalized spacial score (nSPS) is 14.3. The van der Waals surface area contributed by atoms with Crippen molar-refractivity contribution in [2.24, 2.45) is 0 Å². The van der Waals surface area contributed by atoms with Gasteiger partial charge in [-0.3, -0.25) is 19.3 Å². The summed E-state index contributed by atoms with van der Waals surface area (Å²) in [5.74, 6) is -1.41. The largest absolute Gasteiger partial charge is 0.309 e. The number of benzene rings is 1. The zero-order valence-electron chi connectivity index (χ0n) is 13.8. The maximum Gasteiger partial charge on any atom is 0.262 e. The second-order valence-electron chi connectivity index (χ2n) is 5.81. The number of rotatable bonds is 8. The summed E-state index contributed by atoms with van der Waals surface area (Å²) in [4.78, 5) is 37.8. The number of hydrogen-bond acceptors (Lipinski definition) is 6. The molecule has 10 heteroatoms. The van der Waals surface area contributed by atoms with E-state index in [1.165, 1.54) is 12.1 Å². The Hall–Kier alpha value is -1.81. The van der Waals surface area contributed by atoms with E-state index in [2.05, 4.69) is 4.72 Å². The number of nitrogens with zero attached hydrogens (tertiary/aromatic N) is 2. The molecule has 0 radical (unpaired) electrons. The summed E-state index contributed by atoms with van der Waals surface area (Å²) in [6.45, 7) is 0.414. The third-order valence-electron chi connectivity index (χ3n) is 3.61. The van der Waals surface area contributed by atoms with E-state index in [9.17, 15) is 22.8 Å². The number of nitrogens with one attached hydrogen (secondary N) is 1. The van der Waals surface area contributed by atoms with E-state index >= 15 is 0 Å². The molecule has 136 valence electrons. The second-order valence-corrected chi connectivity index (χ2v) is 8.00. The molecule has 1 aromatic carbocycles. The van der Waals surface area contributed by atoms with Crippen LogP contribution in [0.15, 0.2) is 23.1 Å². The molecule has 1 aliphatic heterocycles. The number of fused-ring (bicyclic) bond motifs is 1. The topological polar surface area (TPSA) is 104 Å². The van der Waals surface area contributed by atoms with Crippen LogP contribution >= 0.6 is 11.6 Å². The first kappa shape index (κ1) is 19.5. The predicted octanol–water partition coefficient (Wildman–Crippen LogP) is 0.278. The van der Waals surface area contributed by atoms with Crippen LogP contribution in [0.4, 0.5) is 0 Å². The number of imide groups is 1. The summed E-state index contributed by atoms with van der Waals surface area (Å²) < 4.78 is 27.1. The van der Waals surface area contributed by atoms with Crippen molar-refractivity contribution in [3.63, 3.8) is 0 Å². The Kier molecular flexibility index (Phi) is 5.94. The Morgan fingerprint density at radius 3 is 2.44 bits per heavy atom. The van der Waals surface area contributed by atoms with Crippen molar-refractivity contribution in [3.8, 4) is 0 Å². The summed E-state index contributed by atoms with van der Waals surface area (Å²) >= 11 is 5.23. The lowest BCUT2D eigenvalue weighted by Gasteiger charge is -2.10. The molecule has 2 amide bonds. The van der Waals surface area contributed by atoms with Crippen LogP contribution < -0.4 is 4.72 Å². The van der Waals surface area contributed by atoms with E-state index in [-0.39, 0.29) is 22.6 Å². The van der Waals surface area contributed by atoms with Crippen molar-refractivity contribution in [3.05, 3.63) is 29.3 Å². The molecule has 1 aliphatic rings. The Balaban J connectivity index is 2.19. The molecule has 1 heterocycles. The molecule has 0 spiro atoms. The van der Waals surface area contributed by atoms with Crippen LogP contribution in [0.25, 0.3) is 0 Å². The lowest BCUT2D eigenvalue weighted by Crippen LogP contribution is -2.33. The minimum atomic E-state index is -3.80. The van der Waals surface area contributed by atoms with Gasteiger partial charge in [-0.2, -0.15) is 0 Å². The highest BCUT2D eigenvalue weighted by atomic mass is 35.5. The fourth-order valence-electron chi connectivity index (χ4n) is 2.39. The average molecular weight is 388 g/mol. The molecule has 0 unspecified atom stereocenters. The van der Waals surface area contributed by atoms with Gasteiger partial charge in [-0.25, -0.2) is 13.1 Å². The minimum absolute atomic E-state index is 0.0504. The number of amides is 2. The van der Waals surface area contributed by atoms with Crippen LogP contribution in [-0.4, -0.2) is 69.0 Å². The number of halogens is 1. The first-order valence-corrected chi connectivity index (χ1v) is 9.32. The molecular weight excluding hydrogens is 370 g/mol. The zero-order valence-corrected chi connectivity index (χ0v) is 15.4. The predicted molar refractivity (Wildman–Crippen MR) is 91.0 cm³/mol. The van der Waals surface area contributed by atoms with Gasteiger partial charge in [0.15, 0.2) is 0 Å². The summed E-state index contributed by atoms with van der Waals surface area (Å²) in [5, 5.41) is -0.857. The Morgan fingerprint density at radius 1 is 1.20 bits per heavy atom. The molecule has 1 aromatic rings. The van der Waals surface area contributed by atoms with Crippen molar-refractivity contribution < 1.29 is 22.8 Å². The van der Waals surface area contributed by atoms with E-state index in [0.717, 1.165) is 12.6 Å². The van der Waals surface area contributed by atoms with Crippen molar-refractivity contribution in [2.75, 3.05) is 33.7 Å². The van der Waals surface area contributed by atoms with E-state index in [0.29, 0.717) is 11.3 Å². The van der Waals surface area contributed by atoms with Gasteiger partial charge in [-0.15, -0.1) is 0 Å². The fourth-order valence-corrected chi connectivity index (χ4v) is 3.61. The quantitative estimate of drug-likeness (QED) is 0.390. The van der Waals surface area contributed by atoms with Gasteiger partial charge in [0.1, 0.15) is 6.54 Å². The van der Waals surface area contributed by atoms with Gasteiger partial charge in [0.2, 0.25) is 15.3 Å². The number of carbonyl (C=O) groups is 3. The molecular formula is C15H18ClN3O5S. The SMILES string of the molecule is CN(C)CCCNS(=O)(=O)c1ccc2c(c1)C(=O)N(CC(=O)Cl)C2=O. The molecule has 0 saturated heterocycles. The summed E-state index contributed by atoms with van der Waals surface area (Å²) in [7, 11) is -0.0370. The van der Waals surface area contributed by atoms with E-state index < -0.39 is 33.6 Å². The van der Waals surface area contributed by atoms with Crippen molar-refractivity contribution in [1.29, 1.82) is 0 Å². The smallest absolute Gasteiger partial charge is 0.262 e. The molecule has 0 saturated carbocycles. The van der Waals surface area contributed by atoms with Crippen molar-refractivity contribution >= 4 is 38.7 Å². The molecule has 0 atom stereocenters. The third-order valence-corrected chi connectivity index (χ3v) is 5.19. The monoisotopic (exact) mass is 387 g/mol. The standard InChI is InChI=1S/C15H18ClN3O5S/c1-18(2)7-3-6-17-25(23,24)10-4-5-11-12(8-10)15(22)19(14(11)21)9-13(16)20/h4-5,8,17H,3,6-7,9H2,1-2H3. The third kappa shape index (κ3) is 4.43. The summed E-state index contributed by atoms with van der Waals surface area (Å²) in [5.41, 5.74) is -0.00597. The van der Waals surface area contributed by atoms with Gasteiger partial charge in [0.05, 0.1) is 16.0 Å². The van der Waals surface area contributed by atoms with Crippen LogP contribution in [0.1, 0.15) is 27.1 Å². The molecule has 25 heavy (non-hydrogen) atoms. The molecule has 8 nitrogen and oxygen atoms in total. The maximum atomic E-state index is 12.3. The van der Waals surface area contributed by atoms with Crippen LogP contribution in [0.3, 0.4) is 0 Å².